The summed E-state index contributed by atoms with van der Waals surface area (Å²) in [5, 5.41) is 8.44. The Kier molecular flexibility index (Phi) is 5.36. The van der Waals surface area contributed by atoms with E-state index in [4.69, 9.17) is 5.10 Å². The van der Waals surface area contributed by atoms with Gasteiger partial charge in [-0.2, -0.15) is 18.3 Å². The van der Waals surface area contributed by atoms with E-state index in [1.54, 1.807) is 0 Å². The maximum atomic E-state index is 12.9. The summed E-state index contributed by atoms with van der Waals surface area (Å²) in [6.45, 7) is 5.11. The Labute approximate surface area is 163 Å². The van der Waals surface area contributed by atoms with Crippen molar-refractivity contribution in [1.82, 2.24) is 14.7 Å². The van der Waals surface area contributed by atoms with Crippen molar-refractivity contribution in [2.45, 2.75) is 57.7 Å². The number of fused-ring (bicyclic) bond motifs is 1. The van der Waals surface area contributed by atoms with Crippen molar-refractivity contribution in [3.8, 4) is 5.69 Å². The molecule has 152 valence electrons. The molecule has 1 saturated heterocycles. The van der Waals surface area contributed by atoms with Gasteiger partial charge in [0.15, 0.2) is 0 Å². The number of anilines is 1. The van der Waals surface area contributed by atoms with Gasteiger partial charge >= 0.3 is 6.18 Å². The Balaban J connectivity index is 1.76. The van der Waals surface area contributed by atoms with Gasteiger partial charge in [-0.1, -0.05) is 13.3 Å². The third kappa shape index (κ3) is 3.64. The molecule has 2 aliphatic heterocycles. The largest absolute Gasteiger partial charge is 0.416 e. The first-order valence-corrected chi connectivity index (χ1v) is 10.3. The summed E-state index contributed by atoms with van der Waals surface area (Å²) in [5.41, 5.74) is 2.38. The molecule has 0 amide bonds. The van der Waals surface area contributed by atoms with E-state index in [9.17, 15) is 13.2 Å². The van der Waals surface area contributed by atoms with Crippen LogP contribution in [0.3, 0.4) is 0 Å². The molecule has 7 heteroatoms. The summed E-state index contributed by atoms with van der Waals surface area (Å²) < 4.78 is 40.6. The molecule has 0 radical (unpaired) electrons. The van der Waals surface area contributed by atoms with Crippen LogP contribution in [0.25, 0.3) is 5.69 Å². The van der Waals surface area contributed by atoms with E-state index in [0.717, 1.165) is 69.0 Å². The number of alkyl halides is 3. The van der Waals surface area contributed by atoms with E-state index in [1.165, 1.54) is 30.5 Å². The molecule has 1 N–H and O–H groups in total. The number of benzene rings is 1. The second-order valence-corrected chi connectivity index (χ2v) is 7.69. The van der Waals surface area contributed by atoms with Gasteiger partial charge < -0.3 is 5.32 Å². The number of nitrogens with one attached hydrogen (secondary N) is 1. The first-order chi connectivity index (χ1) is 13.5. The standard InChI is InChI=1S/C21H27F3N4/c1-2-27-14-6-4-8-18(27)19-17-7-3-5-13-25-20(17)28(26-19)16-11-9-15(10-12-16)21(22,23)24/h9-12,18,25H,2-8,13-14H2,1H3. The molecule has 2 aliphatic rings. The van der Waals surface area contributed by atoms with Gasteiger partial charge in [-0.15, -0.1) is 0 Å². The highest BCUT2D eigenvalue weighted by molar-refractivity contribution is 5.55. The zero-order valence-corrected chi connectivity index (χ0v) is 16.2. The van der Waals surface area contributed by atoms with Gasteiger partial charge in [0.25, 0.3) is 0 Å². The molecule has 0 aliphatic carbocycles. The summed E-state index contributed by atoms with van der Waals surface area (Å²) >= 11 is 0. The third-order valence-corrected chi connectivity index (χ3v) is 5.94. The second kappa shape index (κ2) is 7.78. The molecule has 3 heterocycles. The molecule has 1 unspecified atom stereocenters. The van der Waals surface area contributed by atoms with Gasteiger partial charge in [-0.05, 0) is 69.5 Å². The highest BCUT2D eigenvalue weighted by Crippen LogP contribution is 2.38. The van der Waals surface area contributed by atoms with Crippen molar-refractivity contribution < 1.29 is 13.2 Å². The molecule has 2 aromatic rings. The highest BCUT2D eigenvalue weighted by Gasteiger charge is 2.32. The Morgan fingerprint density at radius 2 is 1.89 bits per heavy atom. The van der Waals surface area contributed by atoms with Crippen LogP contribution in [0.15, 0.2) is 24.3 Å². The number of nitrogens with zero attached hydrogens (tertiary/aromatic N) is 3. The molecule has 28 heavy (non-hydrogen) atoms. The smallest absolute Gasteiger partial charge is 0.370 e. The molecule has 1 fully saturated rings. The number of piperidine rings is 1. The van der Waals surface area contributed by atoms with Crippen LogP contribution in [-0.2, 0) is 12.6 Å². The predicted octanol–water partition coefficient (Wildman–Crippen LogP) is 5.19. The third-order valence-electron chi connectivity index (χ3n) is 5.94. The molecular weight excluding hydrogens is 365 g/mol. The summed E-state index contributed by atoms with van der Waals surface area (Å²) in [7, 11) is 0. The van der Waals surface area contributed by atoms with Crippen molar-refractivity contribution in [1.29, 1.82) is 0 Å². The van der Waals surface area contributed by atoms with Crippen molar-refractivity contribution in [2.24, 2.45) is 0 Å². The second-order valence-electron chi connectivity index (χ2n) is 7.69. The van der Waals surface area contributed by atoms with Crippen molar-refractivity contribution >= 4 is 5.82 Å². The number of rotatable bonds is 3. The lowest BCUT2D eigenvalue weighted by Gasteiger charge is -2.34. The van der Waals surface area contributed by atoms with Crippen LogP contribution in [0.4, 0.5) is 19.0 Å². The molecule has 0 saturated carbocycles. The van der Waals surface area contributed by atoms with Gasteiger partial charge in [0.1, 0.15) is 5.82 Å². The van der Waals surface area contributed by atoms with E-state index in [0.29, 0.717) is 11.7 Å². The molecule has 4 rings (SSSR count). The van der Waals surface area contributed by atoms with Gasteiger partial charge in [-0.25, -0.2) is 4.68 Å². The lowest BCUT2D eigenvalue weighted by Crippen LogP contribution is -2.33. The van der Waals surface area contributed by atoms with Crippen LogP contribution in [-0.4, -0.2) is 34.3 Å². The molecule has 1 aromatic carbocycles. The Hall–Kier alpha value is -2.02. The fourth-order valence-corrected chi connectivity index (χ4v) is 4.45. The Morgan fingerprint density at radius 1 is 1.11 bits per heavy atom. The summed E-state index contributed by atoms with van der Waals surface area (Å²) in [6, 6.07) is 5.61. The number of hydrogen-bond donors (Lipinski definition) is 1. The summed E-state index contributed by atoms with van der Waals surface area (Å²) in [5.74, 6) is 0.953. The van der Waals surface area contributed by atoms with E-state index in [1.807, 2.05) is 4.68 Å². The van der Waals surface area contributed by atoms with Crippen LogP contribution in [0.1, 0.15) is 61.9 Å². The fourth-order valence-electron chi connectivity index (χ4n) is 4.45. The summed E-state index contributed by atoms with van der Waals surface area (Å²) in [6.07, 6.45) is 2.32. The van der Waals surface area contributed by atoms with E-state index < -0.39 is 11.7 Å². The number of halogens is 3. The zero-order chi connectivity index (χ0) is 19.7. The fraction of sp³-hybridized carbons (Fsp3) is 0.571. The number of hydrogen-bond acceptors (Lipinski definition) is 3. The van der Waals surface area contributed by atoms with Crippen LogP contribution in [0.2, 0.25) is 0 Å². The molecule has 1 aromatic heterocycles. The molecule has 0 spiro atoms. The first kappa shape index (κ1) is 19.3. The number of aromatic nitrogens is 2. The zero-order valence-electron chi connectivity index (χ0n) is 16.2. The van der Waals surface area contributed by atoms with Crippen molar-refractivity contribution in [2.75, 3.05) is 25.0 Å². The normalized spacial score (nSPS) is 21.1. The van der Waals surface area contributed by atoms with Gasteiger partial charge in [0.2, 0.25) is 0 Å². The topological polar surface area (TPSA) is 33.1 Å². The highest BCUT2D eigenvalue weighted by atomic mass is 19.4. The quantitative estimate of drug-likeness (QED) is 0.781. The maximum Gasteiger partial charge on any atom is 0.416 e. The van der Waals surface area contributed by atoms with Gasteiger partial charge in [-0.3, -0.25) is 4.90 Å². The van der Waals surface area contributed by atoms with E-state index >= 15 is 0 Å². The predicted molar refractivity (Wildman–Crippen MR) is 104 cm³/mol. The van der Waals surface area contributed by atoms with Crippen LogP contribution >= 0.6 is 0 Å². The van der Waals surface area contributed by atoms with Crippen LogP contribution in [0.5, 0.6) is 0 Å². The minimum Gasteiger partial charge on any atom is -0.370 e. The summed E-state index contributed by atoms with van der Waals surface area (Å²) in [4.78, 5) is 2.48. The molecule has 4 nitrogen and oxygen atoms in total. The molecular formula is C21H27F3N4. The van der Waals surface area contributed by atoms with Crippen molar-refractivity contribution in [3.63, 3.8) is 0 Å². The number of likely N-dealkylation sites (tertiary alicyclic amines) is 1. The molecule has 0 bridgehead atoms. The van der Waals surface area contributed by atoms with Crippen molar-refractivity contribution in [3.05, 3.63) is 41.1 Å². The minimum atomic E-state index is -4.33. The van der Waals surface area contributed by atoms with Gasteiger partial charge in [0, 0.05) is 12.1 Å². The van der Waals surface area contributed by atoms with E-state index in [2.05, 4.69) is 17.1 Å². The molecule has 1 atom stereocenters. The Bertz CT molecular complexity index is 810. The van der Waals surface area contributed by atoms with Crippen LogP contribution in [0, 0.1) is 0 Å². The lowest BCUT2D eigenvalue weighted by molar-refractivity contribution is -0.137. The Morgan fingerprint density at radius 3 is 2.61 bits per heavy atom. The van der Waals surface area contributed by atoms with Crippen LogP contribution < -0.4 is 5.32 Å². The van der Waals surface area contributed by atoms with Gasteiger partial charge in [0.05, 0.1) is 23.0 Å². The average Bonchev–Trinajstić information content (AvgIpc) is 2.88. The van der Waals surface area contributed by atoms with E-state index in [-0.39, 0.29) is 0 Å². The monoisotopic (exact) mass is 392 g/mol. The minimum absolute atomic E-state index is 0.295. The average molecular weight is 392 g/mol. The SMILES string of the molecule is CCN1CCCCC1c1nn(-c2ccc(C(F)(F)F)cc2)c2c1CCCCN2. The maximum absolute atomic E-state index is 12.9. The lowest BCUT2D eigenvalue weighted by atomic mass is 9.95. The first-order valence-electron chi connectivity index (χ1n) is 10.3.